The van der Waals surface area contributed by atoms with E-state index in [4.69, 9.17) is 0 Å². The number of phenolic OH excluding ortho intramolecular Hbond substituents is 1. The molecule has 2 aromatic rings. The Morgan fingerprint density at radius 3 is 2.00 bits per heavy atom. The SMILES string of the molecule is Cc1ccc(C2CCCCC2)c(O)c1C=Nc1cc(C(F)(F)F)cc(C(F)(F)F)c1. The molecule has 1 aliphatic rings. The molecule has 30 heavy (non-hydrogen) atoms. The van der Waals surface area contributed by atoms with Gasteiger partial charge in [-0.15, -0.1) is 0 Å². The Morgan fingerprint density at radius 2 is 1.47 bits per heavy atom. The van der Waals surface area contributed by atoms with Gasteiger partial charge in [0.05, 0.1) is 16.8 Å². The molecule has 3 rings (SSSR count). The molecule has 2 nitrogen and oxygen atoms in total. The van der Waals surface area contributed by atoms with Crippen LogP contribution in [0.2, 0.25) is 0 Å². The first-order valence-corrected chi connectivity index (χ1v) is 9.63. The van der Waals surface area contributed by atoms with Crippen LogP contribution < -0.4 is 0 Å². The zero-order chi connectivity index (χ0) is 22.1. The van der Waals surface area contributed by atoms with Crippen LogP contribution in [0.5, 0.6) is 5.75 Å². The minimum atomic E-state index is -4.94. The highest BCUT2D eigenvalue weighted by atomic mass is 19.4. The van der Waals surface area contributed by atoms with Crippen molar-refractivity contribution < 1.29 is 31.4 Å². The van der Waals surface area contributed by atoms with Gasteiger partial charge in [-0.1, -0.05) is 31.4 Å². The molecule has 2 aromatic carbocycles. The topological polar surface area (TPSA) is 32.6 Å². The smallest absolute Gasteiger partial charge is 0.416 e. The van der Waals surface area contributed by atoms with E-state index in [2.05, 4.69) is 4.99 Å². The highest BCUT2D eigenvalue weighted by Gasteiger charge is 2.37. The largest absolute Gasteiger partial charge is 0.507 e. The van der Waals surface area contributed by atoms with Crippen molar-refractivity contribution in [1.82, 2.24) is 0 Å². The predicted octanol–water partition coefficient (Wildman–Crippen LogP) is 7.54. The molecule has 0 bridgehead atoms. The van der Waals surface area contributed by atoms with Crippen LogP contribution in [-0.2, 0) is 12.4 Å². The van der Waals surface area contributed by atoms with Gasteiger partial charge in [0.25, 0.3) is 0 Å². The van der Waals surface area contributed by atoms with Crippen LogP contribution in [0, 0.1) is 6.92 Å². The van der Waals surface area contributed by atoms with Crippen molar-refractivity contribution in [3.8, 4) is 5.75 Å². The fraction of sp³-hybridized carbons (Fsp3) is 0.409. The van der Waals surface area contributed by atoms with E-state index in [9.17, 15) is 31.4 Å². The van der Waals surface area contributed by atoms with Crippen molar-refractivity contribution in [2.24, 2.45) is 4.99 Å². The second kappa shape index (κ2) is 8.32. The number of rotatable bonds is 3. The molecule has 0 unspecified atom stereocenters. The molecule has 1 N–H and O–H groups in total. The molecule has 1 fully saturated rings. The van der Waals surface area contributed by atoms with Crippen LogP contribution in [-0.4, -0.2) is 11.3 Å². The van der Waals surface area contributed by atoms with Gasteiger partial charge in [0, 0.05) is 11.8 Å². The quantitative estimate of drug-likeness (QED) is 0.397. The van der Waals surface area contributed by atoms with Gasteiger partial charge in [-0.25, -0.2) is 0 Å². The van der Waals surface area contributed by atoms with E-state index in [1.165, 1.54) is 0 Å². The van der Waals surface area contributed by atoms with Gasteiger partial charge < -0.3 is 5.11 Å². The second-order valence-corrected chi connectivity index (χ2v) is 7.59. The number of halogens is 6. The van der Waals surface area contributed by atoms with Crippen molar-refractivity contribution in [1.29, 1.82) is 0 Å². The van der Waals surface area contributed by atoms with Gasteiger partial charge in [-0.3, -0.25) is 4.99 Å². The summed E-state index contributed by atoms with van der Waals surface area (Å²) in [7, 11) is 0. The molecular formula is C22H21F6NO. The van der Waals surface area contributed by atoms with E-state index < -0.39 is 29.2 Å². The van der Waals surface area contributed by atoms with E-state index in [0.717, 1.165) is 43.9 Å². The number of nitrogens with zero attached hydrogens (tertiary/aromatic N) is 1. The zero-order valence-corrected chi connectivity index (χ0v) is 16.2. The van der Waals surface area contributed by atoms with E-state index in [1.807, 2.05) is 6.07 Å². The summed E-state index contributed by atoms with van der Waals surface area (Å²) in [6.45, 7) is 1.69. The first-order valence-electron chi connectivity index (χ1n) is 9.63. The molecule has 0 spiro atoms. The Morgan fingerprint density at radius 1 is 0.900 bits per heavy atom. The maximum absolute atomic E-state index is 13.0. The number of aliphatic imine (C=N–C) groups is 1. The van der Waals surface area contributed by atoms with Crippen molar-refractivity contribution in [3.63, 3.8) is 0 Å². The number of hydrogen-bond acceptors (Lipinski definition) is 2. The van der Waals surface area contributed by atoms with Gasteiger partial charge in [0.2, 0.25) is 0 Å². The molecule has 0 saturated heterocycles. The minimum Gasteiger partial charge on any atom is -0.507 e. The maximum atomic E-state index is 13.0. The van der Waals surface area contributed by atoms with Crippen molar-refractivity contribution in [3.05, 3.63) is 58.1 Å². The average Bonchev–Trinajstić information content (AvgIpc) is 2.67. The Bertz CT molecular complexity index is 908. The molecule has 0 aromatic heterocycles. The third kappa shape index (κ3) is 4.96. The molecule has 1 aliphatic carbocycles. The fourth-order valence-corrected chi connectivity index (χ4v) is 3.78. The van der Waals surface area contributed by atoms with E-state index in [-0.39, 0.29) is 17.7 Å². The zero-order valence-electron chi connectivity index (χ0n) is 16.2. The van der Waals surface area contributed by atoms with Crippen LogP contribution in [0.3, 0.4) is 0 Å². The molecule has 8 heteroatoms. The highest BCUT2D eigenvalue weighted by Crippen LogP contribution is 2.40. The predicted molar refractivity (Wildman–Crippen MR) is 102 cm³/mol. The first-order chi connectivity index (χ1) is 14.0. The van der Waals surface area contributed by atoms with Crippen LogP contribution in [0.4, 0.5) is 32.0 Å². The average molecular weight is 429 g/mol. The fourth-order valence-electron chi connectivity index (χ4n) is 3.78. The van der Waals surface area contributed by atoms with Gasteiger partial charge in [-0.05, 0) is 55.0 Å². The number of aromatic hydroxyl groups is 1. The Labute approximate surface area is 170 Å². The lowest BCUT2D eigenvalue weighted by Crippen LogP contribution is -2.10. The molecule has 162 valence electrons. The summed E-state index contributed by atoms with van der Waals surface area (Å²) < 4.78 is 78.2. The molecule has 0 heterocycles. The normalized spacial score (nSPS) is 16.4. The van der Waals surface area contributed by atoms with Gasteiger partial charge in [-0.2, -0.15) is 26.3 Å². The standard InChI is InChI=1S/C22H21F6NO/c1-13-7-8-18(14-5-3-2-4-6-14)20(30)19(13)12-29-17-10-15(21(23,24)25)9-16(11-17)22(26,27)28/h7-12,14,30H,2-6H2,1H3. The summed E-state index contributed by atoms with van der Waals surface area (Å²) in [6.07, 6.45) is -3.67. The van der Waals surface area contributed by atoms with Crippen LogP contribution >= 0.6 is 0 Å². The molecule has 0 atom stereocenters. The molecular weight excluding hydrogens is 408 g/mol. The van der Waals surface area contributed by atoms with Gasteiger partial charge in [0.15, 0.2) is 0 Å². The Hall–Kier alpha value is -2.51. The maximum Gasteiger partial charge on any atom is 0.416 e. The molecule has 0 aliphatic heterocycles. The monoisotopic (exact) mass is 429 g/mol. The van der Waals surface area contributed by atoms with Gasteiger partial charge >= 0.3 is 12.4 Å². The highest BCUT2D eigenvalue weighted by molar-refractivity contribution is 5.88. The third-order valence-electron chi connectivity index (χ3n) is 5.43. The lowest BCUT2D eigenvalue weighted by Gasteiger charge is -2.23. The molecule has 0 radical (unpaired) electrons. The lowest BCUT2D eigenvalue weighted by molar-refractivity contribution is -0.143. The Balaban J connectivity index is 2.01. The lowest BCUT2D eigenvalue weighted by atomic mass is 9.82. The summed E-state index contributed by atoms with van der Waals surface area (Å²) >= 11 is 0. The second-order valence-electron chi connectivity index (χ2n) is 7.59. The van der Waals surface area contributed by atoms with Crippen LogP contribution in [0.1, 0.15) is 65.8 Å². The van der Waals surface area contributed by atoms with Crippen LogP contribution in [0.25, 0.3) is 0 Å². The summed E-state index contributed by atoms with van der Waals surface area (Å²) in [6, 6.07) is 4.78. The minimum absolute atomic E-state index is 0.0197. The Kier molecular flexibility index (Phi) is 6.15. The number of hydrogen-bond donors (Lipinski definition) is 1. The number of aryl methyl sites for hydroxylation is 1. The van der Waals surface area contributed by atoms with Crippen molar-refractivity contribution in [2.75, 3.05) is 0 Å². The van der Waals surface area contributed by atoms with Crippen molar-refractivity contribution >= 4 is 11.9 Å². The third-order valence-corrected chi connectivity index (χ3v) is 5.43. The molecule has 1 saturated carbocycles. The van der Waals surface area contributed by atoms with Crippen molar-refractivity contribution in [2.45, 2.75) is 57.3 Å². The van der Waals surface area contributed by atoms with Gasteiger partial charge in [0.1, 0.15) is 5.75 Å². The summed E-state index contributed by atoms with van der Waals surface area (Å²) in [5.41, 5.74) is -1.69. The number of benzene rings is 2. The summed E-state index contributed by atoms with van der Waals surface area (Å²) in [5, 5.41) is 10.7. The molecule has 0 amide bonds. The van der Waals surface area contributed by atoms with E-state index >= 15 is 0 Å². The van der Waals surface area contributed by atoms with E-state index in [0.29, 0.717) is 23.3 Å². The first kappa shape index (κ1) is 22.2. The van der Waals surface area contributed by atoms with Crippen LogP contribution in [0.15, 0.2) is 35.3 Å². The summed E-state index contributed by atoms with van der Waals surface area (Å²) in [5.74, 6) is 0.158. The number of alkyl halides is 6. The summed E-state index contributed by atoms with van der Waals surface area (Å²) in [4.78, 5) is 3.85. The number of phenols is 1. The van der Waals surface area contributed by atoms with E-state index in [1.54, 1.807) is 13.0 Å².